The lowest BCUT2D eigenvalue weighted by atomic mass is 10.3. The molecule has 0 spiro atoms. The average molecular weight is 343 g/mol. The molecule has 1 aromatic heterocycles. The SMILES string of the molecule is Cc1ccc(S(=O)(=O)N2CCS(=O)(=O)c3ccccc32)s1. The molecule has 5 nitrogen and oxygen atoms in total. The van der Waals surface area contributed by atoms with Crippen molar-refractivity contribution in [2.24, 2.45) is 0 Å². The van der Waals surface area contributed by atoms with Gasteiger partial charge in [-0.25, -0.2) is 16.8 Å². The van der Waals surface area contributed by atoms with Crippen molar-refractivity contribution in [3.63, 3.8) is 0 Å². The number of sulfone groups is 1. The number of thiophene rings is 1. The van der Waals surface area contributed by atoms with Gasteiger partial charge in [-0.1, -0.05) is 12.1 Å². The van der Waals surface area contributed by atoms with E-state index in [0.717, 1.165) is 4.88 Å². The predicted molar refractivity (Wildman–Crippen MR) is 82.1 cm³/mol. The highest BCUT2D eigenvalue weighted by atomic mass is 32.2. The fourth-order valence-corrected chi connectivity index (χ4v) is 6.75. The summed E-state index contributed by atoms with van der Waals surface area (Å²) < 4.78 is 51.0. The van der Waals surface area contributed by atoms with E-state index in [1.54, 1.807) is 24.3 Å². The van der Waals surface area contributed by atoms with Gasteiger partial charge in [0.1, 0.15) is 4.21 Å². The van der Waals surface area contributed by atoms with Crippen LogP contribution in [0.25, 0.3) is 0 Å². The molecule has 0 fully saturated rings. The molecule has 8 heteroatoms. The van der Waals surface area contributed by atoms with Gasteiger partial charge >= 0.3 is 0 Å². The Morgan fingerprint density at radius 1 is 1.14 bits per heavy atom. The molecule has 0 aliphatic carbocycles. The molecular weight excluding hydrogens is 330 g/mol. The van der Waals surface area contributed by atoms with Crippen molar-refractivity contribution in [3.8, 4) is 0 Å². The summed E-state index contributed by atoms with van der Waals surface area (Å²) in [4.78, 5) is 0.972. The fraction of sp³-hybridized carbons (Fsp3) is 0.231. The van der Waals surface area contributed by atoms with Crippen molar-refractivity contribution in [2.75, 3.05) is 16.6 Å². The van der Waals surface area contributed by atoms with Crippen molar-refractivity contribution < 1.29 is 16.8 Å². The quantitative estimate of drug-likeness (QED) is 0.836. The van der Waals surface area contributed by atoms with Gasteiger partial charge in [-0.15, -0.1) is 11.3 Å². The molecule has 112 valence electrons. The van der Waals surface area contributed by atoms with Crippen LogP contribution in [0, 0.1) is 6.92 Å². The Morgan fingerprint density at radius 2 is 1.86 bits per heavy atom. The van der Waals surface area contributed by atoms with Crippen LogP contribution in [-0.2, 0) is 19.9 Å². The van der Waals surface area contributed by atoms with Crippen LogP contribution in [0.5, 0.6) is 0 Å². The Labute approximate surface area is 127 Å². The molecule has 1 aliphatic rings. The number of anilines is 1. The molecule has 2 heterocycles. The van der Waals surface area contributed by atoms with Crippen LogP contribution >= 0.6 is 11.3 Å². The first-order chi connectivity index (χ1) is 9.82. The molecule has 0 bridgehead atoms. The van der Waals surface area contributed by atoms with E-state index < -0.39 is 19.9 Å². The van der Waals surface area contributed by atoms with E-state index in [4.69, 9.17) is 0 Å². The third kappa shape index (κ3) is 2.37. The van der Waals surface area contributed by atoms with Gasteiger partial charge in [-0.3, -0.25) is 4.31 Å². The summed E-state index contributed by atoms with van der Waals surface area (Å²) in [5.41, 5.74) is 0.231. The van der Waals surface area contributed by atoms with Crippen LogP contribution in [0.15, 0.2) is 45.5 Å². The lowest BCUT2D eigenvalue weighted by Crippen LogP contribution is -2.39. The van der Waals surface area contributed by atoms with Crippen LogP contribution in [0.4, 0.5) is 5.69 Å². The van der Waals surface area contributed by atoms with E-state index >= 15 is 0 Å². The summed E-state index contributed by atoms with van der Waals surface area (Å²) in [6, 6.07) is 9.52. The second kappa shape index (κ2) is 4.82. The first-order valence-corrected chi connectivity index (χ1v) is 10.1. The Morgan fingerprint density at radius 3 is 2.52 bits per heavy atom. The summed E-state index contributed by atoms with van der Waals surface area (Å²) in [7, 11) is -7.13. The summed E-state index contributed by atoms with van der Waals surface area (Å²) in [6.45, 7) is 1.77. The van der Waals surface area contributed by atoms with E-state index in [1.807, 2.05) is 6.92 Å². The van der Waals surface area contributed by atoms with E-state index in [2.05, 4.69) is 0 Å². The Hall–Kier alpha value is -1.38. The van der Waals surface area contributed by atoms with Gasteiger partial charge in [0.15, 0.2) is 9.84 Å². The zero-order chi connectivity index (χ0) is 15.3. The van der Waals surface area contributed by atoms with Crippen molar-refractivity contribution in [1.82, 2.24) is 0 Å². The monoisotopic (exact) mass is 343 g/mol. The minimum absolute atomic E-state index is 0.0569. The van der Waals surface area contributed by atoms with E-state index in [-0.39, 0.29) is 27.1 Å². The number of para-hydroxylation sites is 1. The van der Waals surface area contributed by atoms with Crippen LogP contribution in [0.1, 0.15) is 4.88 Å². The molecule has 0 unspecified atom stereocenters. The molecule has 0 amide bonds. The van der Waals surface area contributed by atoms with Gasteiger partial charge in [-0.2, -0.15) is 0 Å². The lowest BCUT2D eigenvalue weighted by molar-refractivity contribution is 0.585. The molecule has 0 radical (unpaired) electrons. The standard InChI is InChI=1S/C13H13NO4S3/c1-10-6-7-13(19-10)21(17,18)14-8-9-20(15,16)12-5-3-2-4-11(12)14/h2-7H,8-9H2,1H3. The Kier molecular flexibility index (Phi) is 3.34. The lowest BCUT2D eigenvalue weighted by Gasteiger charge is -2.29. The molecule has 3 rings (SSSR count). The topological polar surface area (TPSA) is 71.5 Å². The normalized spacial score (nSPS) is 17.5. The molecule has 0 saturated heterocycles. The predicted octanol–water partition coefficient (Wildman–Crippen LogP) is 2.04. The summed E-state index contributed by atoms with van der Waals surface area (Å²) in [5, 5.41) is 0. The van der Waals surface area contributed by atoms with Crippen molar-refractivity contribution in [3.05, 3.63) is 41.3 Å². The third-order valence-corrected chi connectivity index (χ3v) is 8.31. The maximum absolute atomic E-state index is 12.7. The smallest absolute Gasteiger partial charge is 0.263 e. The Bertz CT molecular complexity index is 897. The summed E-state index contributed by atoms with van der Waals surface area (Å²) in [6.07, 6.45) is 0. The molecule has 2 aromatic rings. The molecule has 1 aromatic carbocycles. The first kappa shape index (κ1) is 14.6. The third-order valence-electron chi connectivity index (χ3n) is 3.29. The van der Waals surface area contributed by atoms with Gasteiger partial charge in [0.05, 0.1) is 16.3 Å². The molecule has 0 atom stereocenters. The highest BCUT2D eigenvalue weighted by Gasteiger charge is 2.35. The molecule has 0 saturated carbocycles. The first-order valence-electron chi connectivity index (χ1n) is 6.23. The number of benzene rings is 1. The molecule has 0 N–H and O–H groups in total. The van der Waals surface area contributed by atoms with Gasteiger partial charge in [0.2, 0.25) is 0 Å². The minimum Gasteiger partial charge on any atom is -0.263 e. The van der Waals surface area contributed by atoms with Crippen molar-refractivity contribution >= 4 is 36.9 Å². The van der Waals surface area contributed by atoms with Crippen LogP contribution in [0.3, 0.4) is 0 Å². The van der Waals surface area contributed by atoms with Crippen LogP contribution in [-0.4, -0.2) is 29.1 Å². The maximum Gasteiger partial charge on any atom is 0.273 e. The highest BCUT2D eigenvalue weighted by Crippen LogP contribution is 2.35. The number of hydrogen-bond donors (Lipinski definition) is 0. The van der Waals surface area contributed by atoms with E-state index in [0.29, 0.717) is 0 Å². The minimum atomic E-state index is -3.72. The van der Waals surface area contributed by atoms with Crippen LogP contribution in [0.2, 0.25) is 0 Å². The van der Waals surface area contributed by atoms with E-state index in [1.165, 1.54) is 27.8 Å². The zero-order valence-electron chi connectivity index (χ0n) is 11.2. The van der Waals surface area contributed by atoms with Gasteiger partial charge < -0.3 is 0 Å². The van der Waals surface area contributed by atoms with E-state index in [9.17, 15) is 16.8 Å². The number of aryl methyl sites for hydroxylation is 1. The summed E-state index contributed by atoms with van der Waals surface area (Å²) >= 11 is 1.18. The average Bonchev–Trinajstić information content (AvgIpc) is 2.86. The van der Waals surface area contributed by atoms with Crippen molar-refractivity contribution in [1.29, 1.82) is 0 Å². The van der Waals surface area contributed by atoms with Crippen molar-refractivity contribution in [2.45, 2.75) is 16.0 Å². The number of hydrogen-bond acceptors (Lipinski definition) is 5. The second-order valence-corrected chi connectivity index (χ2v) is 10.2. The maximum atomic E-state index is 12.7. The van der Waals surface area contributed by atoms with Gasteiger partial charge in [0.25, 0.3) is 10.0 Å². The highest BCUT2D eigenvalue weighted by molar-refractivity contribution is 7.95. The number of rotatable bonds is 2. The molecule has 21 heavy (non-hydrogen) atoms. The fourth-order valence-electron chi connectivity index (χ4n) is 2.27. The largest absolute Gasteiger partial charge is 0.273 e. The van der Waals surface area contributed by atoms with Crippen LogP contribution < -0.4 is 4.31 Å². The van der Waals surface area contributed by atoms with Gasteiger partial charge in [-0.05, 0) is 31.2 Å². The molecular formula is C13H13NO4S3. The number of nitrogens with zero attached hydrogens (tertiary/aromatic N) is 1. The number of sulfonamides is 1. The molecule has 1 aliphatic heterocycles. The summed E-state index contributed by atoms with van der Waals surface area (Å²) in [5.74, 6) is -0.201. The number of fused-ring (bicyclic) bond motifs is 1. The van der Waals surface area contributed by atoms with Gasteiger partial charge in [0, 0.05) is 11.4 Å². The second-order valence-electron chi connectivity index (χ2n) is 4.73. The zero-order valence-corrected chi connectivity index (χ0v) is 13.6. The Balaban J connectivity index is 2.17.